The Hall–Kier alpha value is -0.860. The lowest BCUT2D eigenvalue weighted by Crippen LogP contribution is -2.42. The molecule has 1 aromatic rings. The highest BCUT2D eigenvalue weighted by Crippen LogP contribution is 2.36. The Morgan fingerprint density at radius 1 is 1.20 bits per heavy atom. The van der Waals surface area contributed by atoms with Gasteiger partial charge in [-0.05, 0) is 24.9 Å². The summed E-state index contributed by atoms with van der Waals surface area (Å²) in [6, 6.07) is 10.8. The van der Waals surface area contributed by atoms with Gasteiger partial charge in [0.25, 0.3) is 0 Å². The molecule has 0 radical (unpaired) electrons. The van der Waals surface area contributed by atoms with Gasteiger partial charge in [0.2, 0.25) is 0 Å². The van der Waals surface area contributed by atoms with Crippen molar-refractivity contribution in [3.63, 3.8) is 0 Å². The van der Waals surface area contributed by atoms with Gasteiger partial charge in [-0.2, -0.15) is 0 Å². The third-order valence-corrected chi connectivity index (χ3v) is 4.71. The lowest BCUT2D eigenvalue weighted by atomic mass is 9.81. The average molecular weight is 275 g/mol. The minimum absolute atomic E-state index is 0.125. The van der Waals surface area contributed by atoms with Crippen molar-refractivity contribution in [3.8, 4) is 0 Å². The Morgan fingerprint density at radius 2 is 1.80 bits per heavy atom. The fourth-order valence-electron chi connectivity index (χ4n) is 3.46. The van der Waals surface area contributed by atoms with Crippen LogP contribution in [0.15, 0.2) is 30.3 Å². The molecule has 0 bridgehead atoms. The number of hydrogen-bond donors (Lipinski definition) is 1. The van der Waals surface area contributed by atoms with Crippen molar-refractivity contribution in [1.29, 1.82) is 0 Å². The van der Waals surface area contributed by atoms with Crippen LogP contribution in [-0.2, 0) is 0 Å². The first-order chi connectivity index (χ1) is 9.54. The summed E-state index contributed by atoms with van der Waals surface area (Å²) >= 11 is 0. The molecule has 20 heavy (non-hydrogen) atoms. The molecule has 1 saturated carbocycles. The van der Waals surface area contributed by atoms with Crippen LogP contribution in [0.25, 0.3) is 0 Å². The number of rotatable bonds is 6. The van der Waals surface area contributed by atoms with E-state index in [4.69, 9.17) is 0 Å². The molecule has 0 amide bonds. The van der Waals surface area contributed by atoms with E-state index in [1.54, 1.807) is 0 Å². The molecular weight excluding hydrogens is 246 g/mol. The minimum Gasteiger partial charge on any atom is -0.388 e. The highest BCUT2D eigenvalue weighted by molar-refractivity contribution is 5.19. The average Bonchev–Trinajstić information content (AvgIpc) is 2.99. The SMILES string of the molecule is CCN(CC(C)(C)C(O)c1ccccc1)C1CCCC1. The zero-order valence-electron chi connectivity index (χ0n) is 13.2. The molecule has 0 saturated heterocycles. The maximum Gasteiger partial charge on any atom is 0.0853 e. The number of aliphatic hydroxyl groups is 1. The van der Waals surface area contributed by atoms with Crippen LogP contribution >= 0.6 is 0 Å². The topological polar surface area (TPSA) is 23.5 Å². The fourth-order valence-corrected chi connectivity index (χ4v) is 3.46. The van der Waals surface area contributed by atoms with Crippen molar-refractivity contribution in [1.82, 2.24) is 4.90 Å². The van der Waals surface area contributed by atoms with Crippen molar-refractivity contribution >= 4 is 0 Å². The third kappa shape index (κ3) is 3.62. The fraction of sp³-hybridized carbons (Fsp3) is 0.667. The maximum absolute atomic E-state index is 10.7. The first-order valence-corrected chi connectivity index (χ1v) is 8.01. The summed E-state index contributed by atoms with van der Waals surface area (Å²) in [5.41, 5.74) is 0.903. The van der Waals surface area contributed by atoms with Crippen LogP contribution in [0.5, 0.6) is 0 Å². The number of benzene rings is 1. The van der Waals surface area contributed by atoms with Crippen molar-refractivity contribution in [2.75, 3.05) is 13.1 Å². The molecule has 0 spiro atoms. The van der Waals surface area contributed by atoms with Crippen molar-refractivity contribution in [3.05, 3.63) is 35.9 Å². The van der Waals surface area contributed by atoms with Gasteiger partial charge in [0.15, 0.2) is 0 Å². The molecule has 1 aliphatic rings. The molecule has 2 rings (SSSR count). The Bertz CT molecular complexity index is 395. The molecule has 1 N–H and O–H groups in total. The van der Waals surface area contributed by atoms with E-state index in [9.17, 15) is 5.11 Å². The van der Waals surface area contributed by atoms with E-state index in [0.717, 1.165) is 24.7 Å². The Balaban J connectivity index is 2.04. The minimum atomic E-state index is -0.404. The molecule has 112 valence electrons. The normalized spacial score (nSPS) is 18.6. The quantitative estimate of drug-likeness (QED) is 0.848. The Labute approximate surface area is 123 Å². The summed E-state index contributed by atoms with van der Waals surface area (Å²) in [5, 5.41) is 10.7. The van der Waals surface area contributed by atoms with Crippen LogP contribution in [-0.4, -0.2) is 29.1 Å². The summed E-state index contributed by atoms with van der Waals surface area (Å²) < 4.78 is 0. The molecule has 1 fully saturated rings. The summed E-state index contributed by atoms with van der Waals surface area (Å²) in [5.74, 6) is 0. The van der Waals surface area contributed by atoms with Crippen molar-refractivity contribution in [2.45, 2.75) is 58.6 Å². The predicted molar refractivity (Wildman–Crippen MR) is 84.7 cm³/mol. The predicted octanol–water partition coefficient (Wildman–Crippen LogP) is 4.01. The van der Waals surface area contributed by atoms with E-state index < -0.39 is 6.10 Å². The van der Waals surface area contributed by atoms with Gasteiger partial charge in [-0.15, -0.1) is 0 Å². The molecule has 2 heteroatoms. The second kappa shape index (κ2) is 6.73. The summed E-state index contributed by atoms with van der Waals surface area (Å²) in [6.45, 7) is 8.65. The molecule has 0 heterocycles. The zero-order chi connectivity index (χ0) is 14.6. The molecule has 1 aromatic carbocycles. The lowest BCUT2D eigenvalue weighted by molar-refractivity contribution is 0.0111. The van der Waals surface area contributed by atoms with Gasteiger partial charge in [-0.1, -0.05) is 63.9 Å². The standard InChI is InChI=1S/C18H29NO/c1-4-19(16-12-8-9-13-16)14-18(2,3)17(20)15-10-6-5-7-11-15/h5-7,10-11,16-17,20H,4,8-9,12-14H2,1-3H3. The van der Waals surface area contributed by atoms with Gasteiger partial charge >= 0.3 is 0 Å². The molecule has 1 aliphatic carbocycles. The molecular formula is C18H29NO. The van der Waals surface area contributed by atoms with E-state index in [-0.39, 0.29) is 5.41 Å². The van der Waals surface area contributed by atoms with Gasteiger partial charge in [-0.25, -0.2) is 0 Å². The van der Waals surface area contributed by atoms with E-state index in [1.807, 2.05) is 30.3 Å². The number of nitrogens with zero attached hydrogens (tertiary/aromatic N) is 1. The van der Waals surface area contributed by atoms with Crippen LogP contribution < -0.4 is 0 Å². The van der Waals surface area contributed by atoms with Gasteiger partial charge in [0.05, 0.1) is 6.10 Å². The van der Waals surface area contributed by atoms with Gasteiger partial charge in [0, 0.05) is 18.0 Å². The van der Waals surface area contributed by atoms with E-state index in [0.29, 0.717) is 0 Å². The molecule has 1 unspecified atom stereocenters. The second-order valence-electron chi connectivity index (χ2n) is 6.80. The summed E-state index contributed by atoms with van der Waals surface area (Å²) in [7, 11) is 0. The van der Waals surface area contributed by atoms with Crippen LogP contribution in [0, 0.1) is 5.41 Å². The summed E-state index contributed by atoms with van der Waals surface area (Å²) in [6.07, 6.45) is 4.97. The molecule has 0 aromatic heterocycles. The number of aliphatic hydroxyl groups excluding tert-OH is 1. The highest BCUT2D eigenvalue weighted by Gasteiger charge is 2.33. The number of hydrogen-bond acceptors (Lipinski definition) is 2. The monoisotopic (exact) mass is 275 g/mol. The third-order valence-electron chi connectivity index (χ3n) is 4.71. The van der Waals surface area contributed by atoms with Crippen molar-refractivity contribution in [2.24, 2.45) is 5.41 Å². The van der Waals surface area contributed by atoms with E-state index >= 15 is 0 Å². The Kier molecular flexibility index (Phi) is 5.22. The van der Waals surface area contributed by atoms with Gasteiger partial charge in [-0.3, -0.25) is 0 Å². The second-order valence-corrected chi connectivity index (χ2v) is 6.80. The van der Waals surface area contributed by atoms with Crippen LogP contribution in [0.3, 0.4) is 0 Å². The largest absolute Gasteiger partial charge is 0.388 e. The van der Waals surface area contributed by atoms with E-state index in [1.165, 1.54) is 25.7 Å². The molecule has 0 aliphatic heterocycles. The zero-order valence-corrected chi connectivity index (χ0v) is 13.2. The highest BCUT2D eigenvalue weighted by atomic mass is 16.3. The molecule has 1 atom stereocenters. The van der Waals surface area contributed by atoms with E-state index in [2.05, 4.69) is 25.7 Å². The Morgan fingerprint density at radius 3 is 2.35 bits per heavy atom. The summed E-state index contributed by atoms with van der Waals surface area (Å²) in [4.78, 5) is 2.57. The van der Waals surface area contributed by atoms with Crippen LogP contribution in [0.4, 0.5) is 0 Å². The van der Waals surface area contributed by atoms with Gasteiger partial charge in [0.1, 0.15) is 0 Å². The lowest BCUT2D eigenvalue weighted by Gasteiger charge is -2.38. The molecule has 2 nitrogen and oxygen atoms in total. The van der Waals surface area contributed by atoms with Gasteiger partial charge < -0.3 is 10.0 Å². The maximum atomic E-state index is 10.7. The first-order valence-electron chi connectivity index (χ1n) is 8.01. The van der Waals surface area contributed by atoms with Crippen molar-refractivity contribution < 1.29 is 5.11 Å². The van der Waals surface area contributed by atoms with Crippen LogP contribution in [0.1, 0.15) is 58.1 Å². The van der Waals surface area contributed by atoms with Crippen LogP contribution in [0.2, 0.25) is 0 Å². The first kappa shape index (κ1) is 15.5. The smallest absolute Gasteiger partial charge is 0.0853 e.